The molecule has 1 spiro atoms. The Labute approximate surface area is 144 Å². The van der Waals surface area contributed by atoms with E-state index in [1.165, 1.54) is 23.6 Å². The molecule has 1 saturated heterocycles. The van der Waals surface area contributed by atoms with Gasteiger partial charge in [0.2, 0.25) is 5.65 Å². The maximum Gasteiger partial charge on any atom is 0.368 e. The Morgan fingerprint density at radius 2 is 2.12 bits per heavy atom. The molecule has 134 valence electrons. The molecule has 2 aromatic rings. The van der Waals surface area contributed by atoms with Crippen LogP contribution >= 0.6 is 0 Å². The molecular weight excluding hydrogens is 326 g/mol. The number of hydrogen-bond acceptors (Lipinski definition) is 7. The number of imidazole rings is 1. The van der Waals surface area contributed by atoms with E-state index in [4.69, 9.17) is 9.47 Å². The smallest absolute Gasteiger partial charge is 0.364 e. The molecule has 1 atom stereocenters. The second-order valence-corrected chi connectivity index (χ2v) is 6.62. The first kappa shape index (κ1) is 16.2. The van der Waals surface area contributed by atoms with Crippen molar-refractivity contribution in [2.75, 3.05) is 18.5 Å². The number of rotatable bonds is 4. The average molecular weight is 347 g/mol. The summed E-state index contributed by atoms with van der Waals surface area (Å²) in [6, 6.07) is 3.45. The molecule has 9 heteroatoms. The molecule has 1 aliphatic heterocycles. The first-order valence-electron chi connectivity index (χ1n) is 8.70. The molecular formula is C16H21N5O4. The third kappa shape index (κ3) is 3.29. The monoisotopic (exact) mass is 347 g/mol. The summed E-state index contributed by atoms with van der Waals surface area (Å²) in [6.45, 7) is 1.10. The lowest BCUT2D eigenvalue weighted by Crippen LogP contribution is -2.31. The molecule has 2 aliphatic rings. The summed E-state index contributed by atoms with van der Waals surface area (Å²) < 4.78 is 13.4. The average Bonchev–Trinajstić information content (AvgIpc) is 3.12. The van der Waals surface area contributed by atoms with Gasteiger partial charge in [0.25, 0.3) is 0 Å². The van der Waals surface area contributed by atoms with E-state index in [1.54, 1.807) is 12.1 Å². The normalized spacial score (nSPS) is 23.0. The lowest BCUT2D eigenvalue weighted by atomic mass is 10.1. The van der Waals surface area contributed by atoms with Crippen LogP contribution in [-0.2, 0) is 9.47 Å². The van der Waals surface area contributed by atoms with Crippen molar-refractivity contribution >= 4 is 17.3 Å². The van der Waals surface area contributed by atoms with E-state index < -0.39 is 10.7 Å². The number of nitrogens with one attached hydrogen (secondary N) is 1. The minimum Gasteiger partial charge on any atom is -0.364 e. The van der Waals surface area contributed by atoms with Crippen LogP contribution in [0.1, 0.15) is 38.5 Å². The van der Waals surface area contributed by atoms with Crippen molar-refractivity contribution in [3.05, 3.63) is 28.4 Å². The molecule has 4 rings (SSSR count). The van der Waals surface area contributed by atoms with Crippen LogP contribution in [0.4, 0.5) is 11.6 Å². The summed E-state index contributed by atoms with van der Waals surface area (Å²) in [5.74, 6) is -0.0286. The molecule has 0 bridgehead atoms. The van der Waals surface area contributed by atoms with E-state index in [0.717, 1.165) is 25.7 Å². The Morgan fingerprint density at radius 3 is 2.88 bits per heavy atom. The summed E-state index contributed by atoms with van der Waals surface area (Å²) in [7, 11) is 0. The number of anilines is 1. The molecule has 0 unspecified atom stereocenters. The minimum absolute atomic E-state index is 0.0478. The Hall–Kier alpha value is -2.26. The molecule has 1 N–H and O–H groups in total. The van der Waals surface area contributed by atoms with Crippen LogP contribution < -0.4 is 5.32 Å². The highest BCUT2D eigenvalue weighted by molar-refractivity contribution is 5.48. The van der Waals surface area contributed by atoms with Crippen LogP contribution in [0.3, 0.4) is 0 Å². The molecule has 25 heavy (non-hydrogen) atoms. The van der Waals surface area contributed by atoms with E-state index >= 15 is 0 Å². The van der Waals surface area contributed by atoms with E-state index in [2.05, 4.69) is 15.4 Å². The largest absolute Gasteiger partial charge is 0.368 e. The Morgan fingerprint density at radius 1 is 1.32 bits per heavy atom. The fraction of sp³-hybridized carbons (Fsp3) is 0.625. The van der Waals surface area contributed by atoms with Crippen molar-refractivity contribution in [1.29, 1.82) is 0 Å². The first-order valence-corrected chi connectivity index (χ1v) is 8.70. The van der Waals surface area contributed by atoms with Gasteiger partial charge in [0.1, 0.15) is 12.3 Å². The second-order valence-electron chi connectivity index (χ2n) is 6.62. The van der Waals surface area contributed by atoms with Crippen molar-refractivity contribution in [2.45, 2.75) is 50.4 Å². The number of aromatic nitrogens is 3. The molecule has 1 saturated carbocycles. The number of nitro groups is 1. The van der Waals surface area contributed by atoms with Crippen LogP contribution in [0, 0.1) is 10.1 Å². The van der Waals surface area contributed by atoms with Gasteiger partial charge in [-0.15, -0.1) is 0 Å². The Balaban J connectivity index is 1.41. The van der Waals surface area contributed by atoms with Gasteiger partial charge in [-0.05, 0) is 23.8 Å². The quantitative estimate of drug-likeness (QED) is 0.669. The van der Waals surface area contributed by atoms with Gasteiger partial charge in [0.15, 0.2) is 11.6 Å². The molecule has 1 aliphatic carbocycles. The van der Waals surface area contributed by atoms with E-state index in [9.17, 15) is 10.1 Å². The summed E-state index contributed by atoms with van der Waals surface area (Å²) in [4.78, 5) is 14.5. The Kier molecular flexibility index (Phi) is 4.26. The number of ether oxygens (including phenoxy) is 2. The summed E-state index contributed by atoms with van der Waals surface area (Å²) in [6.07, 6.45) is 7.83. The Bertz CT molecular complexity index is 769. The van der Waals surface area contributed by atoms with Gasteiger partial charge < -0.3 is 24.9 Å². The van der Waals surface area contributed by atoms with Crippen molar-refractivity contribution in [3.8, 4) is 0 Å². The molecule has 0 amide bonds. The fourth-order valence-electron chi connectivity index (χ4n) is 3.55. The molecule has 0 radical (unpaired) electrons. The maximum absolute atomic E-state index is 11.0. The van der Waals surface area contributed by atoms with Gasteiger partial charge >= 0.3 is 5.82 Å². The van der Waals surface area contributed by atoms with Crippen molar-refractivity contribution < 1.29 is 14.4 Å². The highest BCUT2D eigenvalue weighted by Gasteiger charge is 2.41. The standard InChI is InChI=1S/C16H21N5O4/c22-21(23)15-10-18-14-6-5-13(19-20(14)15)17-9-12-11-24-16(25-12)7-3-1-2-4-8-16/h5-6,10,12H,1-4,7-9,11H2,(H,17,19)/t12-/m1/s1. The zero-order chi connectivity index (χ0) is 17.3. The highest BCUT2D eigenvalue weighted by Crippen LogP contribution is 2.36. The van der Waals surface area contributed by atoms with Crippen molar-refractivity contribution in [3.63, 3.8) is 0 Å². The molecule has 9 nitrogen and oxygen atoms in total. The van der Waals surface area contributed by atoms with E-state index in [-0.39, 0.29) is 11.9 Å². The van der Waals surface area contributed by atoms with Crippen LogP contribution in [-0.4, -0.2) is 44.6 Å². The molecule has 3 heterocycles. The lowest BCUT2D eigenvalue weighted by molar-refractivity contribution is -0.391. The van der Waals surface area contributed by atoms with Crippen molar-refractivity contribution in [2.24, 2.45) is 0 Å². The first-order chi connectivity index (χ1) is 12.2. The van der Waals surface area contributed by atoms with Crippen molar-refractivity contribution in [1.82, 2.24) is 14.6 Å². The van der Waals surface area contributed by atoms with Gasteiger partial charge in [-0.1, -0.05) is 22.5 Å². The molecule has 2 fully saturated rings. The lowest BCUT2D eigenvalue weighted by Gasteiger charge is -2.26. The molecule has 2 aromatic heterocycles. The zero-order valence-electron chi connectivity index (χ0n) is 13.9. The number of nitrogens with zero attached hydrogens (tertiary/aromatic N) is 4. The van der Waals surface area contributed by atoms with Gasteiger partial charge in [-0.25, -0.2) is 4.98 Å². The van der Waals surface area contributed by atoms with Gasteiger partial charge in [-0.3, -0.25) is 0 Å². The number of hydrogen-bond donors (Lipinski definition) is 1. The predicted molar refractivity (Wildman–Crippen MR) is 89.4 cm³/mol. The number of fused-ring (bicyclic) bond motifs is 1. The van der Waals surface area contributed by atoms with Crippen LogP contribution in [0.2, 0.25) is 0 Å². The van der Waals surface area contributed by atoms with Crippen LogP contribution in [0.25, 0.3) is 5.65 Å². The summed E-state index contributed by atoms with van der Waals surface area (Å²) in [5.41, 5.74) is 0.440. The SMILES string of the molecule is O=[N+]([O-])c1cnc2ccc(NC[C@@H]3COC4(CCCCCC4)O3)nn12. The predicted octanol–water partition coefficient (Wildman–Crippen LogP) is 2.52. The zero-order valence-corrected chi connectivity index (χ0v) is 13.9. The third-order valence-corrected chi connectivity index (χ3v) is 4.82. The third-order valence-electron chi connectivity index (χ3n) is 4.82. The van der Waals surface area contributed by atoms with Crippen LogP contribution in [0.15, 0.2) is 18.3 Å². The van der Waals surface area contributed by atoms with E-state index in [1.807, 2.05) is 0 Å². The second kappa shape index (κ2) is 6.57. The topological polar surface area (TPSA) is 104 Å². The van der Waals surface area contributed by atoms with Gasteiger partial charge in [0.05, 0.1) is 6.61 Å². The minimum atomic E-state index is -0.499. The van der Waals surface area contributed by atoms with E-state index in [0.29, 0.717) is 24.6 Å². The summed E-state index contributed by atoms with van der Waals surface area (Å²) >= 11 is 0. The fourth-order valence-corrected chi connectivity index (χ4v) is 3.55. The maximum atomic E-state index is 11.0. The highest BCUT2D eigenvalue weighted by atomic mass is 16.7. The van der Waals surface area contributed by atoms with Crippen LogP contribution in [0.5, 0.6) is 0 Å². The van der Waals surface area contributed by atoms with Gasteiger partial charge in [-0.2, -0.15) is 0 Å². The van der Waals surface area contributed by atoms with Gasteiger partial charge in [0, 0.05) is 25.5 Å². The summed E-state index contributed by atoms with van der Waals surface area (Å²) in [5, 5.41) is 18.4. The molecule has 0 aromatic carbocycles.